The van der Waals surface area contributed by atoms with Crippen LogP contribution in [0.2, 0.25) is 0 Å². The number of thiophene rings is 1. The van der Waals surface area contributed by atoms with E-state index in [0.29, 0.717) is 5.56 Å². The number of oxime groups is 1. The van der Waals surface area contributed by atoms with Crippen molar-refractivity contribution in [1.82, 2.24) is 4.57 Å². The van der Waals surface area contributed by atoms with Crippen molar-refractivity contribution in [3.05, 3.63) is 75.2 Å². The molecule has 6 heteroatoms. The highest BCUT2D eigenvalue weighted by molar-refractivity contribution is 7.11. The van der Waals surface area contributed by atoms with Crippen molar-refractivity contribution >= 4 is 23.3 Å². The molecule has 2 heterocycles. The molecule has 3 aromatic rings. The lowest BCUT2D eigenvalue weighted by Crippen LogP contribution is -2.10. The quantitative estimate of drug-likeness (QED) is 0.300. The Labute approximate surface area is 169 Å². The molecule has 0 radical (unpaired) electrons. The Morgan fingerprint density at radius 2 is 2.00 bits per heavy atom. The van der Waals surface area contributed by atoms with Crippen molar-refractivity contribution in [2.24, 2.45) is 5.16 Å². The summed E-state index contributed by atoms with van der Waals surface area (Å²) < 4.78 is 7.37. The van der Waals surface area contributed by atoms with Gasteiger partial charge in [0.2, 0.25) is 5.78 Å². The van der Waals surface area contributed by atoms with Gasteiger partial charge in [-0.1, -0.05) is 23.4 Å². The number of benzene rings is 1. The molecule has 0 aliphatic heterocycles. The van der Waals surface area contributed by atoms with E-state index in [4.69, 9.17) is 9.57 Å². The summed E-state index contributed by atoms with van der Waals surface area (Å²) in [5.41, 5.74) is 3.95. The fourth-order valence-corrected chi connectivity index (χ4v) is 3.66. The summed E-state index contributed by atoms with van der Waals surface area (Å²) in [5.74, 6) is 0.791. The number of hydrogen-bond acceptors (Lipinski definition) is 5. The maximum atomic E-state index is 12.5. The third-order valence-electron chi connectivity index (χ3n) is 4.65. The number of ketones is 1. The van der Waals surface area contributed by atoms with Gasteiger partial charge in [-0.25, -0.2) is 0 Å². The Morgan fingerprint density at radius 1 is 1.21 bits per heavy atom. The minimum atomic E-state index is -0.0648. The molecule has 3 rings (SSSR count). The molecule has 0 bridgehead atoms. The average Bonchev–Trinajstić information content (AvgIpc) is 3.32. The summed E-state index contributed by atoms with van der Waals surface area (Å²) in [6.45, 7) is 4.75. The van der Waals surface area contributed by atoms with Gasteiger partial charge in [0.1, 0.15) is 5.75 Å². The summed E-state index contributed by atoms with van der Waals surface area (Å²) in [7, 11) is 1.66. The number of carbonyl (C=O) groups is 1. The number of methoxy groups -OCH3 is 1. The first-order valence-corrected chi connectivity index (χ1v) is 9.98. The highest BCUT2D eigenvalue weighted by atomic mass is 32.1. The molecule has 0 saturated heterocycles. The number of hydrogen-bond donors (Lipinski definition) is 0. The van der Waals surface area contributed by atoms with Crippen LogP contribution in [0.4, 0.5) is 0 Å². The summed E-state index contributed by atoms with van der Waals surface area (Å²) >= 11 is 1.57. The van der Waals surface area contributed by atoms with E-state index in [0.717, 1.165) is 35.0 Å². The van der Waals surface area contributed by atoms with Gasteiger partial charge in [-0.15, -0.1) is 11.3 Å². The van der Waals surface area contributed by atoms with E-state index in [9.17, 15) is 4.79 Å². The number of aryl methyl sites for hydroxylation is 2. The van der Waals surface area contributed by atoms with Crippen LogP contribution in [-0.2, 0) is 17.8 Å². The maximum absolute atomic E-state index is 12.5. The highest BCUT2D eigenvalue weighted by Gasteiger charge is 2.16. The fourth-order valence-electron chi connectivity index (χ4n) is 3.09. The molecule has 0 amide bonds. The molecule has 2 aromatic heterocycles. The number of nitrogens with zero attached hydrogens (tertiary/aromatic N) is 2. The van der Waals surface area contributed by atoms with Gasteiger partial charge in [0, 0.05) is 28.4 Å². The Morgan fingerprint density at radius 3 is 2.68 bits per heavy atom. The molecule has 0 unspecified atom stereocenters. The van der Waals surface area contributed by atoms with E-state index < -0.39 is 0 Å². The Balaban J connectivity index is 1.59. The predicted octanol–water partition coefficient (Wildman–Crippen LogP) is 4.65. The maximum Gasteiger partial charge on any atom is 0.204 e. The average molecular weight is 397 g/mol. The van der Waals surface area contributed by atoms with Crippen LogP contribution in [-0.4, -0.2) is 30.3 Å². The normalized spacial score (nSPS) is 11.1. The Kier molecular flexibility index (Phi) is 6.66. The summed E-state index contributed by atoms with van der Waals surface area (Å²) in [4.78, 5) is 18.7. The number of Topliss-reactive ketones (excluding diaryl/α,β-unsaturated/α-hetero) is 1. The molecule has 0 saturated carbocycles. The second kappa shape index (κ2) is 9.37. The molecule has 0 N–H and O–H groups in total. The van der Waals surface area contributed by atoms with Gasteiger partial charge >= 0.3 is 0 Å². The zero-order chi connectivity index (χ0) is 19.9. The Hall–Kier alpha value is -2.86. The van der Waals surface area contributed by atoms with Gasteiger partial charge in [0.25, 0.3) is 0 Å². The van der Waals surface area contributed by atoms with Crippen LogP contribution in [0.3, 0.4) is 0 Å². The lowest BCUT2D eigenvalue weighted by molar-refractivity contribution is 0.0778. The molecule has 1 aromatic carbocycles. The lowest BCUT2D eigenvalue weighted by atomic mass is 10.1. The van der Waals surface area contributed by atoms with Gasteiger partial charge < -0.3 is 14.1 Å². The van der Waals surface area contributed by atoms with E-state index in [1.807, 2.05) is 49.6 Å². The monoisotopic (exact) mass is 396 g/mol. The van der Waals surface area contributed by atoms with Gasteiger partial charge in [-0.3, -0.25) is 4.79 Å². The number of ether oxygens (including phenoxy) is 1. The standard InChI is InChI=1S/C22H24N2O3S/c1-16-13-21(22(25)15-27-23-14-20-5-4-12-28-20)17(2)24(16)11-10-18-6-8-19(26-3)9-7-18/h4-9,12-14H,10-11,15H2,1-3H3/b23-14+. The second-order valence-electron chi connectivity index (χ2n) is 6.48. The third kappa shape index (κ3) is 4.89. The van der Waals surface area contributed by atoms with Crippen LogP contribution in [0.5, 0.6) is 5.75 Å². The van der Waals surface area contributed by atoms with E-state index in [2.05, 4.69) is 21.9 Å². The van der Waals surface area contributed by atoms with Crippen molar-refractivity contribution in [3.8, 4) is 5.75 Å². The lowest BCUT2D eigenvalue weighted by Gasteiger charge is -2.10. The van der Waals surface area contributed by atoms with Crippen molar-refractivity contribution in [3.63, 3.8) is 0 Å². The smallest absolute Gasteiger partial charge is 0.204 e. The van der Waals surface area contributed by atoms with Crippen molar-refractivity contribution < 1.29 is 14.4 Å². The SMILES string of the molecule is COc1ccc(CCn2c(C)cc(C(=O)CO/N=C/c3cccs3)c2C)cc1. The summed E-state index contributed by atoms with van der Waals surface area (Å²) in [6.07, 6.45) is 2.51. The van der Waals surface area contributed by atoms with E-state index in [1.54, 1.807) is 24.7 Å². The van der Waals surface area contributed by atoms with Crippen molar-refractivity contribution in [1.29, 1.82) is 0 Å². The molecule has 5 nitrogen and oxygen atoms in total. The van der Waals surface area contributed by atoms with Crippen LogP contribution in [0.25, 0.3) is 0 Å². The van der Waals surface area contributed by atoms with Gasteiger partial charge in [-0.05, 0) is 55.5 Å². The van der Waals surface area contributed by atoms with E-state index >= 15 is 0 Å². The number of rotatable bonds is 9. The van der Waals surface area contributed by atoms with E-state index in [1.165, 1.54) is 5.56 Å². The predicted molar refractivity (Wildman–Crippen MR) is 113 cm³/mol. The first-order valence-electron chi connectivity index (χ1n) is 9.10. The van der Waals surface area contributed by atoms with Gasteiger partial charge in [-0.2, -0.15) is 0 Å². The van der Waals surface area contributed by atoms with Crippen LogP contribution in [0.1, 0.15) is 32.2 Å². The van der Waals surface area contributed by atoms with Gasteiger partial charge in [0.05, 0.1) is 13.3 Å². The van der Waals surface area contributed by atoms with Gasteiger partial charge in [0.15, 0.2) is 6.61 Å². The minimum Gasteiger partial charge on any atom is -0.497 e. The third-order valence-corrected chi connectivity index (χ3v) is 5.46. The van der Waals surface area contributed by atoms with Crippen molar-refractivity contribution in [2.75, 3.05) is 13.7 Å². The summed E-state index contributed by atoms with van der Waals surface area (Å²) in [5, 5.41) is 5.84. The zero-order valence-corrected chi connectivity index (χ0v) is 17.2. The first kappa shape index (κ1) is 19.9. The topological polar surface area (TPSA) is 52.8 Å². The zero-order valence-electron chi connectivity index (χ0n) is 16.3. The molecule has 0 aliphatic rings. The molecular weight excluding hydrogens is 372 g/mol. The van der Waals surface area contributed by atoms with Crippen molar-refractivity contribution in [2.45, 2.75) is 26.8 Å². The largest absolute Gasteiger partial charge is 0.497 e. The van der Waals surface area contributed by atoms with Crippen LogP contribution in [0, 0.1) is 13.8 Å². The molecular formula is C22H24N2O3S. The molecule has 146 valence electrons. The first-order chi connectivity index (χ1) is 13.6. The molecule has 28 heavy (non-hydrogen) atoms. The van der Waals surface area contributed by atoms with Crippen LogP contribution in [0.15, 0.2) is 53.0 Å². The molecule has 0 atom stereocenters. The molecule has 0 aliphatic carbocycles. The minimum absolute atomic E-state index is 0.0628. The van der Waals surface area contributed by atoms with E-state index in [-0.39, 0.29) is 12.4 Å². The molecule has 0 fully saturated rings. The molecule has 0 spiro atoms. The number of carbonyl (C=O) groups excluding carboxylic acids is 1. The highest BCUT2D eigenvalue weighted by Crippen LogP contribution is 2.18. The van der Waals surface area contributed by atoms with Crippen LogP contribution >= 0.6 is 11.3 Å². The summed E-state index contributed by atoms with van der Waals surface area (Å²) in [6, 6.07) is 13.9. The second-order valence-corrected chi connectivity index (χ2v) is 7.46. The number of aromatic nitrogens is 1. The van der Waals surface area contributed by atoms with Crippen LogP contribution < -0.4 is 4.74 Å². The fraction of sp³-hybridized carbons (Fsp3) is 0.273. The Bertz CT molecular complexity index is 941.